The molecule has 0 radical (unpaired) electrons. The Morgan fingerprint density at radius 3 is 2.65 bits per heavy atom. The molecule has 2 fully saturated rings. The van der Waals surface area contributed by atoms with Crippen molar-refractivity contribution in [2.45, 2.75) is 38.8 Å². The van der Waals surface area contributed by atoms with Crippen LogP contribution in [0.25, 0.3) is 0 Å². The Morgan fingerprint density at radius 2 is 2.00 bits per heavy atom. The van der Waals surface area contributed by atoms with Crippen molar-refractivity contribution >= 4 is 11.8 Å². The lowest BCUT2D eigenvalue weighted by Gasteiger charge is -2.40. The van der Waals surface area contributed by atoms with E-state index >= 15 is 0 Å². The van der Waals surface area contributed by atoms with Crippen LogP contribution < -0.4 is 0 Å². The number of hydrogen-bond donors (Lipinski definition) is 1. The topological polar surface area (TPSA) is 85.4 Å². The van der Waals surface area contributed by atoms with Gasteiger partial charge in [0.15, 0.2) is 0 Å². The summed E-state index contributed by atoms with van der Waals surface area (Å²) >= 11 is 0. The quantitative estimate of drug-likeness (QED) is 0.837. The number of carbonyl (C=O) groups is 2. The van der Waals surface area contributed by atoms with Crippen LogP contribution in [0, 0.1) is 0 Å². The number of nitrogens with zero attached hydrogens (tertiary/aromatic N) is 5. The zero-order valence-corrected chi connectivity index (χ0v) is 13.6. The standard InChI is InChI=1S/C15H24N6O2/c1-12(22)21-5-3-2-4-13(21)15(23)20-8-6-19(7-9-20)10-14-16-11-17-18-14/h11,13H,2-10H2,1H3,(H,16,17,18)/t13-/m0/s1. The van der Waals surface area contributed by atoms with Gasteiger partial charge in [-0.1, -0.05) is 0 Å². The van der Waals surface area contributed by atoms with E-state index in [9.17, 15) is 9.59 Å². The van der Waals surface area contributed by atoms with Crippen LogP contribution in [0.3, 0.4) is 0 Å². The van der Waals surface area contributed by atoms with Gasteiger partial charge in [-0.15, -0.1) is 0 Å². The molecule has 8 heteroatoms. The van der Waals surface area contributed by atoms with Crippen LogP contribution in [0.5, 0.6) is 0 Å². The molecule has 3 heterocycles. The Labute approximate surface area is 135 Å². The monoisotopic (exact) mass is 320 g/mol. The van der Waals surface area contributed by atoms with Crippen LogP contribution in [0.4, 0.5) is 0 Å². The van der Waals surface area contributed by atoms with Gasteiger partial charge < -0.3 is 9.80 Å². The van der Waals surface area contributed by atoms with Crippen molar-refractivity contribution in [3.63, 3.8) is 0 Å². The van der Waals surface area contributed by atoms with Crippen LogP contribution in [-0.4, -0.2) is 80.5 Å². The number of amides is 2. The third kappa shape index (κ3) is 3.69. The average Bonchev–Trinajstić information content (AvgIpc) is 3.08. The van der Waals surface area contributed by atoms with Gasteiger partial charge in [0, 0.05) is 39.6 Å². The number of likely N-dealkylation sites (tertiary alicyclic amines) is 1. The van der Waals surface area contributed by atoms with Gasteiger partial charge in [-0.25, -0.2) is 4.98 Å². The lowest BCUT2D eigenvalue weighted by Crippen LogP contribution is -2.56. The average molecular weight is 320 g/mol. The second-order valence-corrected chi connectivity index (χ2v) is 6.26. The van der Waals surface area contributed by atoms with E-state index in [0.29, 0.717) is 19.6 Å². The summed E-state index contributed by atoms with van der Waals surface area (Å²) in [5, 5.41) is 6.71. The maximum atomic E-state index is 12.8. The van der Waals surface area contributed by atoms with Gasteiger partial charge in [-0.2, -0.15) is 5.10 Å². The normalized spacial score (nSPS) is 23.1. The number of piperazine rings is 1. The van der Waals surface area contributed by atoms with E-state index in [1.54, 1.807) is 11.8 Å². The maximum Gasteiger partial charge on any atom is 0.245 e. The number of hydrogen-bond acceptors (Lipinski definition) is 5. The number of H-pyrrole nitrogens is 1. The third-order valence-electron chi connectivity index (χ3n) is 4.71. The fraction of sp³-hybridized carbons (Fsp3) is 0.733. The number of piperidine rings is 1. The van der Waals surface area contributed by atoms with Gasteiger partial charge in [0.05, 0.1) is 6.54 Å². The molecule has 2 amide bonds. The molecule has 0 saturated carbocycles. The summed E-state index contributed by atoms with van der Waals surface area (Å²) in [6.45, 7) is 6.03. The summed E-state index contributed by atoms with van der Waals surface area (Å²) in [6, 6.07) is -0.262. The van der Waals surface area contributed by atoms with Crippen molar-refractivity contribution in [1.29, 1.82) is 0 Å². The fourth-order valence-corrected chi connectivity index (χ4v) is 3.42. The first-order chi connectivity index (χ1) is 11.1. The minimum atomic E-state index is -0.262. The summed E-state index contributed by atoms with van der Waals surface area (Å²) < 4.78 is 0. The van der Waals surface area contributed by atoms with E-state index in [2.05, 4.69) is 20.1 Å². The van der Waals surface area contributed by atoms with Crippen molar-refractivity contribution in [2.75, 3.05) is 32.7 Å². The Kier molecular flexibility index (Phi) is 4.90. The molecule has 23 heavy (non-hydrogen) atoms. The lowest BCUT2D eigenvalue weighted by atomic mass is 10.0. The molecule has 2 aliphatic rings. The first-order valence-electron chi connectivity index (χ1n) is 8.28. The van der Waals surface area contributed by atoms with Gasteiger partial charge in [-0.3, -0.25) is 19.6 Å². The summed E-state index contributed by atoms with van der Waals surface area (Å²) in [6.07, 6.45) is 4.31. The predicted molar refractivity (Wildman–Crippen MR) is 83.3 cm³/mol. The molecule has 8 nitrogen and oxygen atoms in total. The van der Waals surface area contributed by atoms with Crippen molar-refractivity contribution in [2.24, 2.45) is 0 Å². The molecule has 0 bridgehead atoms. The molecule has 0 spiro atoms. The zero-order valence-electron chi connectivity index (χ0n) is 13.6. The molecular weight excluding hydrogens is 296 g/mol. The molecule has 126 valence electrons. The zero-order chi connectivity index (χ0) is 16.2. The minimum absolute atomic E-state index is 0.00649. The second kappa shape index (κ2) is 7.08. The SMILES string of the molecule is CC(=O)N1CCCC[C@H]1C(=O)N1CCN(Cc2ncn[nH]2)CC1. The Hall–Kier alpha value is -1.96. The lowest BCUT2D eigenvalue weighted by molar-refractivity contribution is -0.147. The molecule has 2 saturated heterocycles. The number of nitrogens with one attached hydrogen (secondary N) is 1. The van der Waals surface area contributed by atoms with Crippen LogP contribution in [0.2, 0.25) is 0 Å². The molecule has 0 aliphatic carbocycles. The van der Waals surface area contributed by atoms with Gasteiger partial charge >= 0.3 is 0 Å². The van der Waals surface area contributed by atoms with Crippen molar-refractivity contribution in [3.8, 4) is 0 Å². The number of rotatable bonds is 3. The molecule has 1 aromatic heterocycles. The smallest absolute Gasteiger partial charge is 0.245 e. The summed E-state index contributed by atoms with van der Waals surface area (Å²) in [4.78, 5) is 34.6. The van der Waals surface area contributed by atoms with Crippen molar-refractivity contribution in [3.05, 3.63) is 12.2 Å². The van der Waals surface area contributed by atoms with Gasteiger partial charge in [-0.05, 0) is 19.3 Å². The molecule has 2 aliphatic heterocycles. The maximum absolute atomic E-state index is 12.8. The van der Waals surface area contributed by atoms with Gasteiger partial charge in [0.2, 0.25) is 11.8 Å². The first-order valence-corrected chi connectivity index (χ1v) is 8.28. The van der Waals surface area contributed by atoms with E-state index in [0.717, 1.165) is 44.7 Å². The van der Waals surface area contributed by atoms with Crippen molar-refractivity contribution in [1.82, 2.24) is 29.9 Å². The predicted octanol–water partition coefficient (Wildman–Crippen LogP) is -0.150. The molecule has 1 aromatic rings. The molecule has 0 aromatic carbocycles. The molecule has 0 unspecified atom stereocenters. The van der Waals surface area contributed by atoms with Crippen LogP contribution in [-0.2, 0) is 16.1 Å². The summed E-state index contributed by atoms with van der Waals surface area (Å²) in [5.74, 6) is 0.964. The van der Waals surface area contributed by atoms with Crippen LogP contribution in [0.1, 0.15) is 32.0 Å². The summed E-state index contributed by atoms with van der Waals surface area (Å²) in [5.41, 5.74) is 0. The van der Waals surface area contributed by atoms with Crippen molar-refractivity contribution < 1.29 is 9.59 Å². The van der Waals surface area contributed by atoms with E-state index in [1.807, 2.05) is 4.90 Å². The van der Waals surface area contributed by atoms with E-state index < -0.39 is 0 Å². The Bertz CT molecular complexity index is 538. The molecule has 3 rings (SSSR count). The highest BCUT2D eigenvalue weighted by Gasteiger charge is 2.34. The number of aromatic nitrogens is 3. The van der Waals surface area contributed by atoms with E-state index in [-0.39, 0.29) is 17.9 Å². The fourth-order valence-electron chi connectivity index (χ4n) is 3.42. The Balaban J connectivity index is 1.54. The summed E-state index contributed by atoms with van der Waals surface area (Å²) in [7, 11) is 0. The first kappa shape index (κ1) is 15.9. The van der Waals surface area contributed by atoms with Gasteiger partial charge in [0.25, 0.3) is 0 Å². The number of carbonyl (C=O) groups excluding carboxylic acids is 2. The highest BCUT2D eigenvalue weighted by atomic mass is 16.2. The van der Waals surface area contributed by atoms with Crippen LogP contribution >= 0.6 is 0 Å². The molecule has 1 N–H and O–H groups in total. The van der Waals surface area contributed by atoms with Gasteiger partial charge in [0.1, 0.15) is 18.2 Å². The molecular formula is C15H24N6O2. The highest BCUT2D eigenvalue weighted by molar-refractivity contribution is 5.87. The Morgan fingerprint density at radius 1 is 1.22 bits per heavy atom. The van der Waals surface area contributed by atoms with Crippen LogP contribution in [0.15, 0.2) is 6.33 Å². The minimum Gasteiger partial charge on any atom is -0.338 e. The number of aromatic amines is 1. The van der Waals surface area contributed by atoms with E-state index in [4.69, 9.17) is 0 Å². The van der Waals surface area contributed by atoms with E-state index in [1.165, 1.54) is 6.33 Å². The largest absolute Gasteiger partial charge is 0.338 e. The third-order valence-corrected chi connectivity index (χ3v) is 4.71. The highest BCUT2D eigenvalue weighted by Crippen LogP contribution is 2.20. The second-order valence-electron chi connectivity index (χ2n) is 6.26. The molecule has 1 atom stereocenters.